The Morgan fingerprint density at radius 1 is 1.22 bits per heavy atom. The molecule has 0 unspecified atom stereocenters. The number of amides is 1. The van der Waals surface area contributed by atoms with E-state index in [9.17, 15) is 4.79 Å². The van der Waals surface area contributed by atoms with E-state index in [1.165, 1.54) is 0 Å². The van der Waals surface area contributed by atoms with E-state index in [-0.39, 0.29) is 12.5 Å². The highest BCUT2D eigenvalue weighted by atomic mass is 16.5. The van der Waals surface area contributed by atoms with Crippen LogP contribution in [0.2, 0.25) is 0 Å². The molecular weight excluding hydrogens is 292 g/mol. The topological polar surface area (TPSA) is 50.8 Å². The van der Waals surface area contributed by atoms with Crippen molar-refractivity contribution in [1.29, 1.82) is 0 Å². The predicted molar refractivity (Wildman–Crippen MR) is 92.6 cm³/mol. The van der Waals surface area contributed by atoms with Gasteiger partial charge in [-0.05, 0) is 45.4 Å². The molecule has 0 saturated carbocycles. The first-order valence-electron chi connectivity index (χ1n) is 8.17. The van der Waals surface area contributed by atoms with Gasteiger partial charge in [0.25, 0.3) is 0 Å². The minimum absolute atomic E-state index is 0.0700. The molecular formula is C18H30N2O3. The van der Waals surface area contributed by atoms with Gasteiger partial charge < -0.3 is 14.8 Å². The van der Waals surface area contributed by atoms with Crippen molar-refractivity contribution in [3.63, 3.8) is 0 Å². The third-order valence-electron chi connectivity index (χ3n) is 3.65. The van der Waals surface area contributed by atoms with E-state index < -0.39 is 0 Å². The number of carbonyl (C=O) groups excluding carboxylic acids is 1. The molecule has 0 aliphatic carbocycles. The molecule has 1 N–H and O–H groups in total. The molecule has 0 aromatic heterocycles. The van der Waals surface area contributed by atoms with Crippen molar-refractivity contribution in [2.45, 2.75) is 46.4 Å². The van der Waals surface area contributed by atoms with E-state index in [0.29, 0.717) is 25.2 Å². The van der Waals surface area contributed by atoms with Crippen molar-refractivity contribution in [3.8, 4) is 5.75 Å². The number of methoxy groups -OCH3 is 1. The number of nitrogens with one attached hydrogen (secondary N) is 1. The van der Waals surface area contributed by atoms with E-state index in [1.54, 1.807) is 7.11 Å². The number of benzene rings is 1. The normalized spacial score (nSPS) is 11.3. The zero-order valence-corrected chi connectivity index (χ0v) is 15.0. The minimum atomic E-state index is -0.0830. The van der Waals surface area contributed by atoms with Crippen molar-refractivity contribution < 1.29 is 14.3 Å². The van der Waals surface area contributed by atoms with Crippen LogP contribution in [0.25, 0.3) is 0 Å². The largest absolute Gasteiger partial charge is 0.497 e. The number of nitrogens with zero attached hydrogens (tertiary/aromatic N) is 1. The van der Waals surface area contributed by atoms with E-state index in [0.717, 1.165) is 17.9 Å². The van der Waals surface area contributed by atoms with Gasteiger partial charge in [-0.1, -0.05) is 12.1 Å². The van der Waals surface area contributed by atoms with Crippen LogP contribution >= 0.6 is 0 Å². The van der Waals surface area contributed by atoms with E-state index in [4.69, 9.17) is 9.47 Å². The Kier molecular flexibility index (Phi) is 8.66. The van der Waals surface area contributed by atoms with Crippen LogP contribution in [0.15, 0.2) is 24.3 Å². The second-order valence-corrected chi connectivity index (χ2v) is 6.12. The van der Waals surface area contributed by atoms with Crippen LogP contribution in [0.4, 0.5) is 0 Å². The summed E-state index contributed by atoms with van der Waals surface area (Å²) >= 11 is 0. The number of carbonyl (C=O) groups is 1. The lowest BCUT2D eigenvalue weighted by molar-refractivity contribution is -0.126. The van der Waals surface area contributed by atoms with Gasteiger partial charge in [0.15, 0.2) is 0 Å². The first-order valence-corrected chi connectivity index (χ1v) is 8.17. The molecule has 130 valence electrons. The number of hydrogen-bond acceptors (Lipinski definition) is 4. The van der Waals surface area contributed by atoms with Gasteiger partial charge >= 0.3 is 0 Å². The van der Waals surface area contributed by atoms with Crippen LogP contribution in [-0.2, 0) is 16.1 Å². The Labute approximate surface area is 140 Å². The molecule has 5 nitrogen and oxygen atoms in total. The van der Waals surface area contributed by atoms with Crippen LogP contribution < -0.4 is 10.1 Å². The molecule has 5 heteroatoms. The number of rotatable bonds is 10. The van der Waals surface area contributed by atoms with Crippen LogP contribution in [0.5, 0.6) is 5.75 Å². The van der Waals surface area contributed by atoms with Gasteiger partial charge in [0, 0.05) is 25.2 Å². The maximum Gasteiger partial charge on any atom is 0.246 e. The Balaban J connectivity index is 2.24. The Hall–Kier alpha value is -1.59. The molecule has 0 aliphatic rings. The Morgan fingerprint density at radius 2 is 1.91 bits per heavy atom. The Morgan fingerprint density at radius 3 is 2.52 bits per heavy atom. The molecule has 0 saturated heterocycles. The molecule has 0 radical (unpaired) electrons. The van der Waals surface area contributed by atoms with E-state index in [1.807, 2.05) is 24.3 Å². The third kappa shape index (κ3) is 7.48. The average molecular weight is 322 g/mol. The first kappa shape index (κ1) is 19.5. The summed E-state index contributed by atoms with van der Waals surface area (Å²) in [6.07, 6.45) is 0. The van der Waals surface area contributed by atoms with Crippen LogP contribution in [0.1, 0.15) is 33.3 Å². The average Bonchev–Trinajstić information content (AvgIpc) is 2.51. The quantitative estimate of drug-likeness (QED) is 0.719. The Bertz CT molecular complexity index is 467. The fourth-order valence-corrected chi connectivity index (χ4v) is 2.51. The summed E-state index contributed by atoms with van der Waals surface area (Å²) < 4.78 is 10.6. The molecule has 1 amide bonds. The summed E-state index contributed by atoms with van der Waals surface area (Å²) in [5, 5.41) is 2.90. The lowest BCUT2D eigenvalue weighted by atomic mass is 10.2. The zero-order chi connectivity index (χ0) is 17.2. The van der Waals surface area contributed by atoms with Gasteiger partial charge in [-0.15, -0.1) is 0 Å². The summed E-state index contributed by atoms with van der Waals surface area (Å²) in [5.41, 5.74) is 0.989. The molecule has 0 atom stereocenters. The monoisotopic (exact) mass is 322 g/mol. The van der Waals surface area contributed by atoms with Gasteiger partial charge in [0.1, 0.15) is 12.4 Å². The van der Waals surface area contributed by atoms with Gasteiger partial charge in [-0.2, -0.15) is 0 Å². The van der Waals surface area contributed by atoms with E-state index in [2.05, 4.69) is 37.9 Å². The van der Waals surface area contributed by atoms with Crippen LogP contribution in [-0.4, -0.2) is 49.7 Å². The number of hydrogen-bond donors (Lipinski definition) is 1. The van der Waals surface area contributed by atoms with Crippen molar-refractivity contribution in [3.05, 3.63) is 29.8 Å². The molecule has 0 fully saturated rings. The summed E-state index contributed by atoms with van der Waals surface area (Å²) in [5.74, 6) is 0.707. The standard InChI is InChI=1S/C18H30N2O3/c1-14(2)20(15(3)4)10-9-19-18(21)13-23-12-16-7-6-8-17(11-16)22-5/h6-8,11,14-15H,9-10,12-13H2,1-5H3,(H,19,21). The molecule has 1 aromatic carbocycles. The second-order valence-electron chi connectivity index (χ2n) is 6.12. The smallest absolute Gasteiger partial charge is 0.246 e. The van der Waals surface area contributed by atoms with Crippen LogP contribution in [0.3, 0.4) is 0 Å². The summed E-state index contributed by atoms with van der Waals surface area (Å²) in [6, 6.07) is 8.58. The van der Waals surface area contributed by atoms with Crippen LogP contribution in [0, 0.1) is 0 Å². The molecule has 1 aromatic rings. The molecule has 23 heavy (non-hydrogen) atoms. The summed E-state index contributed by atoms with van der Waals surface area (Å²) in [7, 11) is 1.63. The molecule has 0 spiro atoms. The lowest BCUT2D eigenvalue weighted by Crippen LogP contribution is -2.43. The molecule has 1 rings (SSSR count). The maximum absolute atomic E-state index is 11.8. The predicted octanol–water partition coefficient (Wildman–Crippen LogP) is 2.45. The van der Waals surface area contributed by atoms with Crippen molar-refractivity contribution in [2.24, 2.45) is 0 Å². The van der Waals surface area contributed by atoms with Gasteiger partial charge in [0.05, 0.1) is 13.7 Å². The summed E-state index contributed by atoms with van der Waals surface area (Å²) in [4.78, 5) is 14.1. The van der Waals surface area contributed by atoms with E-state index >= 15 is 0 Å². The van der Waals surface area contributed by atoms with Crippen molar-refractivity contribution >= 4 is 5.91 Å². The summed E-state index contributed by atoms with van der Waals surface area (Å²) in [6.45, 7) is 10.6. The third-order valence-corrected chi connectivity index (χ3v) is 3.65. The van der Waals surface area contributed by atoms with Crippen molar-refractivity contribution in [1.82, 2.24) is 10.2 Å². The first-order chi connectivity index (χ1) is 10.9. The molecule has 0 heterocycles. The van der Waals surface area contributed by atoms with Gasteiger partial charge in [0.2, 0.25) is 5.91 Å². The molecule has 0 bridgehead atoms. The van der Waals surface area contributed by atoms with Gasteiger partial charge in [-0.25, -0.2) is 0 Å². The van der Waals surface area contributed by atoms with Crippen molar-refractivity contribution in [2.75, 3.05) is 26.8 Å². The highest BCUT2D eigenvalue weighted by Gasteiger charge is 2.13. The molecule has 0 aliphatic heterocycles. The highest BCUT2D eigenvalue weighted by Crippen LogP contribution is 2.13. The van der Waals surface area contributed by atoms with Gasteiger partial charge in [-0.3, -0.25) is 9.69 Å². The zero-order valence-electron chi connectivity index (χ0n) is 15.0. The minimum Gasteiger partial charge on any atom is -0.497 e. The number of ether oxygens (including phenoxy) is 2. The highest BCUT2D eigenvalue weighted by molar-refractivity contribution is 5.77. The second kappa shape index (κ2) is 10.2. The fourth-order valence-electron chi connectivity index (χ4n) is 2.51. The lowest BCUT2D eigenvalue weighted by Gasteiger charge is -2.30. The SMILES string of the molecule is COc1cccc(COCC(=O)NCCN(C(C)C)C(C)C)c1. The maximum atomic E-state index is 11.8. The fraction of sp³-hybridized carbons (Fsp3) is 0.611.